The van der Waals surface area contributed by atoms with Crippen molar-refractivity contribution in [2.75, 3.05) is 19.8 Å². The monoisotopic (exact) mass is 287 g/mol. The zero-order chi connectivity index (χ0) is 13.9. The molecule has 0 radical (unpaired) electrons. The second kappa shape index (κ2) is 6.04. The molecule has 1 fully saturated rings. The van der Waals surface area contributed by atoms with E-state index >= 15 is 0 Å². The Morgan fingerprint density at radius 2 is 2.37 bits per heavy atom. The number of aryl methyl sites for hydroxylation is 1. The molecule has 19 heavy (non-hydrogen) atoms. The summed E-state index contributed by atoms with van der Waals surface area (Å²) in [5, 5.41) is 0. The fourth-order valence-electron chi connectivity index (χ4n) is 2.21. The molecule has 2 heterocycles. The lowest BCUT2D eigenvalue weighted by Crippen LogP contribution is -2.33. The normalized spacial score (nSPS) is 20.6. The van der Waals surface area contributed by atoms with Crippen molar-refractivity contribution in [3.05, 3.63) is 18.0 Å². The third-order valence-corrected chi connectivity index (χ3v) is 4.81. The zero-order valence-corrected chi connectivity index (χ0v) is 11.9. The molecule has 1 aromatic heterocycles. The number of nitrogens with zero attached hydrogens (tertiary/aromatic N) is 1. The molecule has 0 bridgehead atoms. The molecule has 2 rings (SSSR count). The quantitative estimate of drug-likeness (QED) is 0.809. The van der Waals surface area contributed by atoms with Gasteiger partial charge in [0.15, 0.2) is 0 Å². The van der Waals surface area contributed by atoms with Gasteiger partial charge in [0.1, 0.15) is 0 Å². The van der Waals surface area contributed by atoms with Crippen LogP contribution in [0.1, 0.15) is 18.5 Å². The molecule has 0 aromatic carbocycles. The van der Waals surface area contributed by atoms with Gasteiger partial charge in [-0.25, -0.2) is 13.1 Å². The van der Waals surface area contributed by atoms with Gasteiger partial charge in [-0.1, -0.05) is 0 Å². The summed E-state index contributed by atoms with van der Waals surface area (Å²) in [5.74, 6) is 0.265. The van der Waals surface area contributed by atoms with Crippen molar-refractivity contribution in [3.8, 4) is 0 Å². The summed E-state index contributed by atoms with van der Waals surface area (Å²) in [7, 11) is -1.67. The van der Waals surface area contributed by atoms with Crippen LogP contribution in [-0.4, -0.2) is 32.7 Å². The smallest absolute Gasteiger partial charge is 0.242 e. The number of nitrogens with two attached hydrogens (primary N) is 1. The molecule has 3 N–H and O–H groups in total. The van der Waals surface area contributed by atoms with Crippen LogP contribution in [0.4, 0.5) is 0 Å². The minimum atomic E-state index is -3.45. The van der Waals surface area contributed by atoms with Gasteiger partial charge < -0.3 is 15.0 Å². The highest BCUT2D eigenvalue weighted by Gasteiger charge is 2.20. The van der Waals surface area contributed by atoms with Crippen LogP contribution in [0.5, 0.6) is 0 Å². The highest BCUT2D eigenvalue weighted by molar-refractivity contribution is 7.89. The molecule has 1 saturated heterocycles. The molecule has 6 nitrogen and oxygen atoms in total. The van der Waals surface area contributed by atoms with Gasteiger partial charge in [-0.3, -0.25) is 0 Å². The van der Waals surface area contributed by atoms with Crippen LogP contribution in [0.25, 0.3) is 0 Å². The van der Waals surface area contributed by atoms with Gasteiger partial charge in [-0.15, -0.1) is 0 Å². The lowest BCUT2D eigenvalue weighted by molar-refractivity contribution is 0.0568. The average Bonchev–Trinajstić information content (AvgIpc) is 2.80. The maximum atomic E-state index is 12.2. The number of nitrogens with one attached hydrogen (secondary N) is 1. The fourth-order valence-corrected chi connectivity index (χ4v) is 3.42. The summed E-state index contributed by atoms with van der Waals surface area (Å²) < 4.78 is 34.0. The predicted molar refractivity (Wildman–Crippen MR) is 72.0 cm³/mol. The molecule has 1 aliphatic rings. The van der Waals surface area contributed by atoms with Gasteiger partial charge in [0, 0.05) is 38.6 Å². The third kappa shape index (κ3) is 3.56. The van der Waals surface area contributed by atoms with Gasteiger partial charge in [-0.2, -0.15) is 0 Å². The van der Waals surface area contributed by atoms with Crippen LogP contribution >= 0.6 is 0 Å². The van der Waals surface area contributed by atoms with Gasteiger partial charge in [-0.05, 0) is 24.8 Å². The predicted octanol–water partition coefficient (Wildman–Crippen LogP) is 0.189. The van der Waals surface area contributed by atoms with E-state index in [4.69, 9.17) is 10.5 Å². The van der Waals surface area contributed by atoms with E-state index in [2.05, 4.69) is 4.72 Å². The van der Waals surface area contributed by atoms with Crippen molar-refractivity contribution in [3.63, 3.8) is 0 Å². The molecule has 0 spiro atoms. The van der Waals surface area contributed by atoms with Crippen molar-refractivity contribution in [2.45, 2.75) is 24.3 Å². The van der Waals surface area contributed by atoms with E-state index in [0.717, 1.165) is 25.1 Å². The average molecular weight is 287 g/mol. The molecule has 1 unspecified atom stereocenters. The Hall–Kier alpha value is -0.890. The highest BCUT2D eigenvalue weighted by Crippen LogP contribution is 2.16. The molecule has 0 aliphatic carbocycles. The largest absolute Gasteiger partial charge is 0.381 e. The Kier molecular flexibility index (Phi) is 4.62. The molecule has 1 aliphatic heterocycles. The van der Waals surface area contributed by atoms with E-state index in [-0.39, 0.29) is 10.8 Å². The van der Waals surface area contributed by atoms with Gasteiger partial charge in [0.2, 0.25) is 10.0 Å². The molecule has 7 heteroatoms. The first-order valence-corrected chi connectivity index (χ1v) is 7.94. The van der Waals surface area contributed by atoms with Crippen LogP contribution in [0.3, 0.4) is 0 Å². The topological polar surface area (TPSA) is 86.3 Å². The van der Waals surface area contributed by atoms with E-state index in [0.29, 0.717) is 19.7 Å². The standard InChI is InChI=1S/C12H21N3O3S/c1-15-8-12(5-11(15)6-13)19(16,17)14-7-10-3-2-4-18-9-10/h5,8,10,14H,2-4,6-7,9,13H2,1H3. The SMILES string of the molecule is Cn1cc(S(=O)(=O)NCC2CCCOC2)cc1CN. The number of ether oxygens (including phenoxy) is 1. The Morgan fingerprint density at radius 3 is 2.95 bits per heavy atom. The minimum Gasteiger partial charge on any atom is -0.381 e. The Balaban J connectivity index is 2.00. The van der Waals surface area contributed by atoms with E-state index in [1.807, 2.05) is 0 Å². The van der Waals surface area contributed by atoms with Crippen molar-refractivity contribution < 1.29 is 13.2 Å². The summed E-state index contributed by atoms with van der Waals surface area (Å²) in [6, 6.07) is 1.61. The number of rotatable bonds is 5. The van der Waals surface area contributed by atoms with E-state index in [1.165, 1.54) is 0 Å². The van der Waals surface area contributed by atoms with E-state index in [9.17, 15) is 8.42 Å². The third-order valence-electron chi connectivity index (χ3n) is 3.42. The second-order valence-corrected chi connectivity index (χ2v) is 6.68. The summed E-state index contributed by atoms with van der Waals surface area (Å²) >= 11 is 0. The summed E-state index contributed by atoms with van der Waals surface area (Å²) in [6.45, 7) is 2.16. The molecular formula is C12H21N3O3S. The molecular weight excluding hydrogens is 266 g/mol. The van der Waals surface area contributed by atoms with Gasteiger partial charge >= 0.3 is 0 Å². The minimum absolute atomic E-state index is 0.265. The first-order chi connectivity index (χ1) is 9.03. The second-order valence-electron chi connectivity index (χ2n) is 4.92. The van der Waals surface area contributed by atoms with Crippen LogP contribution in [0, 0.1) is 5.92 Å². The first-order valence-electron chi connectivity index (χ1n) is 6.45. The van der Waals surface area contributed by atoms with E-state index in [1.54, 1.807) is 23.9 Å². The van der Waals surface area contributed by atoms with Crippen LogP contribution in [0.2, 0.25) is 0 Å². The fraction of sp³-hybridized carbons (Fsp3) is 0.667. The molecule has 1 atom stereocenters. The van der Waals surface area contributed by atoms with Crippen LogP contribution < -0.4 is 10.5 Å². The number of aromatic nitrogens is 1. The van der Waals surface area contributed by atoms with Crippen LogP contribution in [-0.2, 0) is 28.4 Å². The lowest BCUT2D eigenvalue weighted by Gasteiger charge is -2.21. The molecule has 1 aromatic rings. The molecule has 108 valence electrons. The number of hydrogen-bond donors (Lipinski definition) is 2. The zero-order valence-electron chi connectivity index (χ0n) is 11.1. The molecule has 0 amide bonds. The Labute approximate surface area is 114 Å². The Bertz CT molecular complexity index is 518. The maximum Gasteiger partial charge on any atom is 0.242 e. The Morgan fingerprint density at radius 1 is 1.58 bits per heavy atom. The van der Waals surface area contributed by atoms with Crippen LogP contribution in [0.15, 0.2) is 17.2 Å². The van der Waals surface area contributed by atoms with Gasteiger partial charge in [0.05, 0.1) is 11.5 Å². The van der Waals surface area contributed by atoms with Crippen molar-refractivity contribution in [1.82, 2.24) is 9.29 Å². The van der Waals surface area contributed by atoms with Crippen molar-refractivity contribution in [1.29, 1.82) is 0 Å². The summed E-state index contributed by atoms with van der Waals surface area (Å²) in [6.07, 6.45) is 3.59. The highest BCUT2D eigenvalue weighted by atomic mass is 32.2. The van der Waals surface area contributed by atoms with Gasteiger partial charge in [0.25, 0.3) is 0 Å². The van der Waals surface area contributed by atoms with Crippen molar-refractivity contribution >= 4 is 10.0 Å². The summed E-state index contributed by atoms with van der Waals surface area (Å²) in [4.78, 5) is 0.271. The lowest BCUT2D eigenvalue weighted by atomic mass is 10.0. The maximum absolute atomic E-state index is 12.2. The van der Waals surface area contributed by atoms with Crippen molar-refractivity contribution in [2.24, 2.45) is 18.7 Å². The van der Waals surface area contributed by atoms with E-state index < -0.39 is 10.0 Å². The summed E-state index contributed by atoms with van der Waals surface area (Å²) in [5.41, 5.74) is 6.34. The number of hydrogen-bond acceptors (Lipinski definition) is 4. The molecule has 0 saturated carbocycles. The number of sulfonamides is 1. The first kappa shape index (κ1) is 14.5.